The summed E-state index contributed by atoms with van der Waals surface area (Å²) in [6.07, 6.45) is 1.34. The van der Waals surface area contributed by atoms with Gasteiger partial charge in [-0.05, 0) is 65.7 Å². The number of anilines is 2. The van der Waals surface area contributed by atoms with Crippen LogP contribution in [0.2, 0.25) is 0 Å². The summed E-state index contributed by atoms with van der Waals surface area (Å²) in [7, 11) is 2.92. The average molecular weight is 608 g/mol. The highest BCUT2D eigenvalue weighted by Gasteiger charge is 2.36. The highest BCUT2D eigenvalue weighted by atomic mass is 16.5. The van der Waals surface area contributed by atoms with Crippen LogP contribution < -0.4 is 34.5 Å². The number of carbonyl (C=O) groups excluding carboxylic acids is 4. The number of ether oxygens (including phenoxy) is 4. The van der Waals surface area contributed by atoms with Crippen molar-refractivity contribution in [1.29, 1.82) is 0 Å². The Balaban J connectivity index is 1.27. The van der Waals surface area contributed by atoms with Crippen LogP contribution in [0.25, 0.3) is 6.08 Å². The largest absolute Gasteiger partial charge is 0.495 e. The maximum absolute atomic E-state index is 13.4. The molecule has 11 nitrogen and oxygen atoms in total. The minimum Gasteiger partial charge on any atom is -0.495 e. The normalized spacial score (nSPS) is 13.7. The van der Waals surface area contributed by atoms with E-state index in [0.29, 0.717) is 29.4 Å². The standard InChI is InChI=1S/C34H29N3O8/c1-42-28-11-7-6-10-27(28)35-31(38)21-45-29-17-12-23(19-30(29)43-2)18-26-32(39)36-34(41)37(33(26)40)24-13-15-25(16-14-24)44-20-22-8-4-3-5-9-22/h3-19H,20-21H2,1-2H3,(H,35,38)(H,36,39,41)/b26-18-. The van der Waals surface area contributed by atoms with Gasteiger partial charge in [-0.25, -0.2) is 9.69 Å². The van der Waals surface area contributed by atoms with Crippen LogP contribution in [0, 0.1) is 0 Å². The van der Waals surface area contributed by atoms with Crippen LogP contribution in [0.15, 0.2) is 103 Å². The fourth-order valence-corrected chi connectivity index (χ4v) is 4.46. The van der Waals surface area contributed by atoms with Crippen LogP contribution in [-0.2, 0) is 21.0 Å². The second-order valence-electron chi connectivity index (χ2n) is 9.67. The van der Waals surface area contributed by atoms with Gasteiger partial charge in [0.2, 0.25) is 0 Å². The van der Waals surface area contributed by atoms with Crippen LogP contribution in [0.4, 0.5) is 16.2 Å². The van der Waals surface area contributed by atoms with Crippen molar-refractivity contribution >= 4 is 41.2 Å². The molecule has 0 radical (unpaired) electrons. The number of methoxy groups -OCH3 is 2. The third-order valence-electron chi connectivity index (χ3n) is 6.68. The molecule has 228 valence electrons. The van der Waals surface area contributed by atoms with Crippen LogP contribution in [0.3, 0.4) is 0 Å². The van der Waals surface area contributed by atoms with Gasteiger partial charge in [0.1, 0.15) is 23.7 Å². The lowest BCUT2D eigenvalue weighted by molar-refractivity contribution is -0.122. The van der Waals surface area contributed by atoms with Gasteiger partial charge in [-0.2, -0.15) is 0 Å². The Bertz CT molecular complexity index is 1750. The number of para-hydroxylation sites is 2. The number of barbiturate groups is 1. The van der Waals surface area contributed by atoms with E-state index in [2.05, 4.69) is 10.6 Å². The fraction of sp³-hybridized carbons (Fsp3) is 0.118. The molecule has 4 aromatic carbocycles. The van der Waals surface area contributed by atoms with Crippen LogP contribution >= 0.6 is 0 Å². The van der Waals surface area contributed by atoms with E-state index in [4.69, 9.17) is 18.9 Å². The highest BCUT2D eigenvalue weighted by molar-refractivity contribution is 6.39. The van der Waals surface area contributed by atoms with Crippen molar-refractivity contribution < 1.29 is 38.1 Å². The van der Waals surface area contributed by atoms with E-state index in [1.807, 2.05) is 30.3 Å². The Labute approximate surface area is 259 Å². The second kappa shape index (κ2) is 13.9. The van der Waals surface area contributed by atoms with Gasteiger partial charge in [0, 0.05) is 0 Å². The van der Waals surface area contributed by atoms with Gasteiger partial charge in [-0.15, -0.1) is 0 Å². The fourth-order valence-electron chi connectivity index (χ4n) is 4.46. The number of carbonyl (C=O) groups is 4. The molecular weight excluding hydrogens is 578 g/mol. The number of urea groups is 1. The first-order valence-corrected chi connectivity index (χ1v) is 13.8. The molecule has 0 saturated carbocycles. The summed E-state index contributed by atoms with van der Waals surface area (Å²) in [5.41, 5.74) is 1.92. The maximum Gasteiger partial charge on any atom is 0.335 e. The zero-order valence-electron chi connectivity index (χ0n) is 24.4. The van der Waals surface area contributed by atoms with Gasteiger partial charge >= 0.3 is 6.03 Å². The van der Waals surface area contributed by atoms with Crippen molar-refractivity contribution in [1.82, 2.24) is 5.32 Å². The van der Waals surface area contributed by atoms with Crippen molar-refractivity contribution in [2.75, 3.05) is 31.0 Å². The molecule has 5 amide bonds. The number of amides is 5. The number of nitrogens with one attached hydrogen (secondary N) is 2. The van der Waals surface area contributed by atoms with Gasteiger partial charge in [0.05, 0.1) is 25.6 Å². The summed E-state index contributed by atoms with van der Waals surface area (Å²) < 4.78 is 22.1. The van der Waals surface area contributed by atoms with Gasteiger partial charge in [-0.3, -0.25) is 19.7 Å². The molecule has 1 fully saturated rings. The summed E-state index contributed by atoms with van der Waals surface area (Å²) in [5, 5.41) is 4.93. The van der Waals surface area contributed by atoms with Crippen molar-refractivity contribution in [2.24, 2.45) is 0 Å². The lowest BCUT2D eigenvalue weighted by atomic mass is 10.1. The van der Waals surface area contributed by atoms with E-state index < -0.39 is 23.8 Å². The molecule has 4 aromatic rings. The zero-order chi connectivity index (χ0) is 31.8. The molecule has 0 bridgehead atoms. The molecule has 1 heterocycles. The number of hydrogen-bond acceptors (Lipinski definition) is 8. The molecule has 5 rings (SSSR count). The summed E-state index contributed by atoms with van der Waals surface area (Å²) in [6, 6.07) is 26.8. The number of rotatable bonds is 11. The minimum atomic E-state index is -0.868. The predicted molar refractivity (Wildman–Crippen MR) is 166 cm³/mol. The lowest BCUT2D eigenvalue weighted by Crippen LogP contribution is -2.54. The SMILES string of the molecule is COc1ccccc1NC(=O)COc1ccc(/C=C2/C(=O)NC(=O)N(c3ccc(OCc4ccccc4)cc3)C2=O)cc1OC. The predicted octanol–water partition coefficient (Wildman–Crippen LogP) is 4.97. The van der Waals surface area contributed by atoms with Crippen molar-refractivity contribution in [3.63, 3.8) is 0 Å². The van der Waals surface area contributed by atoms with E-state index in [0.717, 1.165) is 10.5 Å². The monoisotopic (exact) mass is 607 g/mol. The van der Waals surface area contributed by atoms with E-state index in [9.17, 15) is 19.2 Å². The molecule has 0 unspecified atom stereocenters. The molecular formula is C34H29N3O8. The molecule has 1 aliphatic rings. The van der Waals surface area contributed by atoms with Gasteiger partial charge in [0.25, 0.3) is 17.7 Å². The maximum atomic E-state index is 13.4. The third-order valence-corrected chi connectivity index (χ3v) is 6.68. The first-order valence-electron chi connectivity index (χ1n) is 13.8. The molecule has 0 aliphatic carbocycles. The number of nitrogens with zero attached hydrogens (tertiary/aromatic N) is 1. The van der Waals surface area contributed by atoms with Crippen molar-refractivity contribution in [3.8, 4) is 23.0 Å². The number of imide groups is 2. The van der Waals surface area contributed by atoms with Crippen LogP contribution in [0.5, 0.6) is 23.0 Å². The third kappa shape index (κ3) is 7.28. The van der Waals surface area contributed by atoms with Crippen LogP contribution in [-0.4, -0.2) is 44.6 Å². The van der Waals surface area contributed by atoms with Crippen molar-refractivity contribution in [3.05, 3.63) is 114 Å². The lowest BCUT2D eigenvalue weighted by Gasteiger charge is -2.26. The Morgan fingerprint density at radius 1 is 0.800 bits per heavy atom. The molecule has 45 heavy (non-hydrogen) atoms. The molecule has 0 atom stereocenters. The molecule has 2 N–H and O–H groups in total. The summed E-state index contributed by atoms with van der Waals surface area (Å²) >= 11 is 0. The van der Waals surface area contributed by atoms with Gasteiger partial charge in [0.15, 0.2) is 18.1 Å². The smallest absolute Gasteiger partial charge is 0.335 e. The quantitative estimate of drug-likeness (QED) is 0.181. The molecule has 1 aliphatic heterocycles. The number of benzene rings is 4. The van der Waals surface area contributed by atoms with E-state index >= 15 is 0 Å². The summed E-state index contributed by atoms with van der Waals surface area (Å²) in [5.74, 6) is -0.473. The summed E-state index contributed by atoms with van der Waals surface area (Å²) in [4.78, 5) is 52.1. The summed E-state index contributed by atoms with van der Waals surface area (Å²) in [6.45, 7) is 0.0387. The van der Waals surface area contributed by atoms with Crippen molar-refractivity contribution in [2.45, 2.75) is 6.61 Å². The van der Waals surface area contributed by atoms with Crippen LogP contribution in [0.1, 0.15) is 11.1 Å². The minimum absolute atomic E-state index is 0.258. The Kier molecular flexibility index (Phi) is 9.39. The Hall–Kier alpha value is -6.10. The van der Waals surface area contributed by atoms with E-state index in [-0.39, 0.29) is 29.4 Å². The zero-order valence-corrected chi connectivity index (χ0v) is 24.4. The Morgan fingerprint density at radius 2 is 1.51 bits per heavy atom. The van der Waals surface area contributed by atoms with E-state index in [1.54, 1.807) is 66.7 Å². The topological polar surface area (TPSA) is 132 Å². The van der Waals surface area contributed by atoms with Gasteiger partial charge < -0.3 is 24.3 Å². The van der Waals surface area contributed by atoms with E-state index in [1.165, 1.54) is 20.3 Å². The second-order valence-corrected chi connectivity index (χ2v) is 9.67. The first-order chi connectivity index (χ1) is 21.9. The highest BCUT2D eigenvalue weighted by Crippen LogP contribution is 2.31. The molecule has 11 heteroatoms. The van der Waals surface area contributed by atoms with Gasteiger partial charge in [-0.1, -0.05) is 48.5 Å². The number of hydrogen-bond donors (Lipinski definition) is 2. The molecule has 0 aromatic heterocycles. The molecule has 1 saturated heterocycles. The first kappa shape index (κ1) is 30.4. The molecule has 0 spiro atoms. The average Bonchev–Trinajstić information content (AvgIpc) is 3.06. The Morgan fingerprint density at radius 3 is 2.24 bits per heavy atom.